The Kier molecular flexibility index (Phi) is 17.9. The molecule has 0 rings (SSSR count). The van der Waals surface area contributed by atoms with E-state index in [0.29, 0.717) is 6.42 Å². The number of unbranched alkanes of at least 4 members (excludes halogenated alkanes) is 12. The van der Waals surface area contributed by atoms with Gasteiger partial charge in [-0.1, -0.05) is 84.0 Å². The lowest BCUT2D eigenvalue weighted by molar-refractivity contribution is -0.159. The number of aliphatic hydroxyl groups is 1. The molecule has 154 valence electrons. The van der Waals surface area contributed by atoms with Crippen molar-refractivity contribution in [3.63, 3.8) is 0 Å². The third-order valence-electron chi connectivity index (χ3n) is 4.45. The molecule has 0 aromatic carbocycles. The molecule has 0 aromatic rings. The molecule has 5 heteroatoms. The number of hydrogen-bond donors (Lipinski definition) is 1. The molecule has 1 atom stereocenters. The van der Waals surface area contributed by atoms with Crippen LogP contribution in [0, 0.1) is 0 Å². The third kappa shape index (κ3) is 17.7. The van der Waals surface area contributed by atoms with Crippen LogP contribution in [0.25, 0.3) is 0 Å². The number of carbonyl (C=O) groups excluding carboxylic acids is 2. The van der Waals surface area contributed by atoms with E-state index in [-0.39, 0.29) is 19.2 Å². The molecule has 1 unspecified atom stereocenters. The average Bonchev–Trinajstić information content (AvgIpc) is 2.62. The SMILES string of the molecule is CCCCCCCCCCCCCCCC(=O)OCC(CO)OC(C)=O. The Morgan fingerprint density at radius 2 is 1.27 bits per heavy atom. The van der Waals surface area contributed by atoms with Gasteiger partial charge in [-0.25, -0.2) is 0 Å². The van der Waals surface area contributed by atoms with Gasteiger partial charge < -0.3 is 14.6 Å². The predicted octanol–water partition coefficient (Wildman–Crippen LogP) is 4.93. The van der Waals surface area contributed by atoms with Crippen LogP contribution in [0.4, 0.5) is 0 Å². The van der Waals surface area contributed by atoms with Crippen molar-refractivity contribution in [1.82, 2.24) is 0 Å². The summed E-state index contributed by atoms with van der Waals surface area (Å²) in [6.07, 6.45) is 16.1. The van der Waals surface area contributed by atoms with Gasteiger partial charge in [0.2, 0.25) is 0 Å². The van der Waals surface area contributed by atoms with Gasteiger partial charge in [0, 0.05) is 13.3 Å². The van der Waals surface area contributed by atoms with Crippen molar-refractivity contribution in [3.8, 4) is 0 Å². The van der Waals surface area contributed by atoms with Crippen LogP contribution in [0.15, 0.2) is 0 Å². The van der Waals surface area contributed by atoms with Gasteiger partial charge >= 0.3 is 11.9 Å². The zero-order chi connectivity index (χ0) is 19.5. The molecule has 0 aromatic heterocycles. The molecule has 0 fully saturated rings. The van der Waals surface area contributed by atoms with Crippen LogP contribution in [0.3, 0.4) is 0 Å². The Hall–Kier alpha value is -1.10. The summed E-state index contributed by atoms with van der Waals surface area (Å²) >= 11 is 0. The summed E-state index contributed by atoms with van der Waals surface area (Å²) in [5, 5.41) is 9.02. The van der Waals surface area contributed by atoms with E-state index < -0.39 is 12.1 Å². The standard InChI is InChI=1S/C21H40O5/c1-3-4-5-6-7-8-9-10-11-12-13-14-15-16-21(24)25-18-20(17-22)26-19(2)23/h20,22H,3-18H2,1-2H3. The lowest BCUT2D eigenvalue weighted by Gasteiger charge is -2.14. The highest BCUT2D eigenvalue weighted by Gasteiger charge is 2.13. The van der Waals surface area contributed by atoms with Crippen LogP contribution in [0.1, 0.15) is 104 Å². The zero-order valence-electron chi connectivity index (χ0n) is 17.0. The van der Waals surface area contributed by atoms with Crippen molar-refractivity contribution in [2.75, 3.05) is 13.2 Å². The van der Waals surface area contributed by atoms with Gasteiger partial charge in [0.05, 0.1) is 6.61 Å². The van der Waals surface area contributed by atoms with Crippen LogP contribution in [0.5, 0.6) is 0 Å². The Bertz CT molecular complexity index is 343. The summed E-state index contributed by atoms with van der Waals surface area (Å²) < 4.78 is 9.83. The summed E-state index contributed by atoms with van der Waals surface area (Å²) in [5.41, 5.74) is 0. The van der Waals surface area contributed by atoms with E-state index in [1.807, 2.05) is 0 Å². The first-order valence-electron chi connectivity index (χ1n) is 10.5. The highest BCUT2D eigenvalue weighted by atomic mass is 16.6. The largest absolute Gasteiger partial charge is 0.462 e. The first-order chi connectivity index (χ1) is 12.6. The Morgan fingerprint density at radius 3 is 1.69 bits per heavy atom. The monoisotopic (exact) mass is 372 g/mol. The fraction of sp³-hybridized carbons (Fsp3) is 0.905. The van der Waals surface area contributed by atoms with E-state index in [0.717, 1.165) is 19.3 Å². The number of carbonyl (C=O) groups is 2. The second-order valence-corrected chi connectivity index (χ2v) is 7.09. The molecular weight excluding hydrogens is 332 g/mol. The second kappa shape index (κ2) is 18.7. The molecule has 0 saturated carbocycles. The van der Waals surface area contributed by atoms with Gasteiger partial charge in [0.25, 0.3) is 0 Å². The van der Waals surface area contributed by atoms with Crippen molar-refractivity contribution in [2.24, 2.45) is 0 Å². The minimum Gasteiger partial charge on any atom is -0.462 e. The normalized spacial score (nSPS) is 12.0. The highest BCUT2D eigenvalue weighted by molar-refractivity contribution is 5.69. The van der Waals surface area contributed by atoms with Crippen LogP contribution < -0.4 is 0 Å². The fourth-order valence-corrected chi connectivity index (χ4v) is 2.90. The van der Waals surface area contributed by atoms with E-state index in [9.17, 15) is 9.59 Å². The van der Waals surface area contributed by atoms with Crippen molar-refractivity contribution < 1.29 is 24.2 Å². The molecule has 0 amide bonds. The molecule has 0 heterocycles. The topological polar surface area (TPSA) is 72.8 Å². The molecule has 0 bridgehead atoms. The number of rotatable bonds is 18. The van der Waals surface area contributed by atoms with Gasteiger partial charge in [-0.05, 0) is 6.42 Å². The maximum absolute atomic E-state index is 11.6. The summed E-state index contributed by atoms with van der Waals surface area (Å²) in [6.45, 7) is 3.10. The number of hydrogen-bond acceptors (Lipinski definition) is 5. The first-order valence-corrected chi connectivity index (χ1v) is 10.5. The summed E-state index contributed by atoms with van der Waals surface area (Å²) in [4.78, 5) is 22.4. The molecule has 26 heavy (non-hydrogen) atoms. The van der Waals surface area contributed by atoms with Gasteiger partial charge in [-0.3, -0.25) is 9.59 Å². The Balaban J connectivity index is 3.33. The maximum atomic E-state index is 11.6. The molecule has 0 spiro atoms. The molecule has 5 nitrogen and oxygen atoms in total. The third-order valence-corrected chi connectivity index (χ3v) is 4.45. The number of esters is 2. The van der Waals surface area contributed by atoms with Crippen LogP contribution in [-0.2, 0) is 19.1 Å². The maximum Gasteiger partial charge on any atom is 0.305 e. The number of aliphatic hydroxyl groups excluding tert-OH is 1. The van der Waals surface area contributed by atoms with E-state index in [4.69, 9.17) is 14.6 Å². The second-order valence-electron chi connectivity index (χ2n) is 7.09. The molecule has 0 radical (unpaired) electrons. The molecule has 0 aliphatic rings. The lowest BCUT2D eigenvalue weighted by atomic mass is 10.0. The summed E-state index contributed by atoms with van der Waals surface area (Å²) in [7, 11) is 0. The molecule has 0 aliphatic heterocycles. The molecule has 0 aliphatic carbocycles. The predicted molar refractivity (Wildman–Crippen MR) is 104 cm³/mol. The smallest absolute Gasteiger partial charge is 0.305 e. The number of ether oxygens (including phenoxy) is 2. The Labute approximate surface area is 159 Å². The van der Waals surface area contributed by atoms with Crippen molar-refractivity contribution in [3.05, 3.63) is 0 Å². The fourth-order valence-electron chi connectivity index (χ4n) is 2.90. The quantitative estimate of drug-likeness (QED) is 0.273. The van der Waals surface area contributed by atoms with E-state index in [1.54, 1.807) is 0 Å². The van der Waals surface area contributed by atoms with E-state index in [1.165, 1.54) is 71.1 Å². The van der Waals surface area contributed by atoms with E-state index in [2.05, 4.69) is 6.92 Å². The average molecular weight is 373 g/mol. The van der Waals surface area contributed by atoms with Crippen LogP contribution in [0.2, 0.25) is 0 Å². The highest BCUT2D eigenvalue weighted by Crippen LogP contribution is 2.13. The minimum atomic E-state index is -0.761. The van der Waals surface area contributed by atoms with Gasteiger partial charge in [0.15, 0.2) is 6.10 Å². The first kappa shape index (κ1) is 24.9. The molecule has 1 N–H and O–H groups in total. The lowest BCUT2D eigenvalue weighted by Crippen LogP contribution is -2.27. The Morgan fingerprint density at radius 1 is 0.808 bits per heavy atom. The van der Waals surface area contributed by atoms with Gasteiger partial charge in [0.1, 0.15) is 6.61 Å². The van der Waals surface area contributed by atoms with Crippen LogP contribution >= 0.6 is 0 Å². The minimum absolute atomic E-state index is 0.0760. The van der Waals surface area contributed by atoms with Crippen LogP contribution in [-0.4, -0.2) is 36.4 Å². The molecular formula is C21H40O5. The van der Waals surface area contributed by atoms with Crippen molar-refractivity contribution in [1.29, 1.82) is 0 Å². The van der Waals surface area contributed by atoms with Crippen molar-refractivity contribution >= 4 is 11.9 Å². The summed E-state index contributed by atoms with van der Waals surface area (Å²) in [5.74, 6) is -0.782. The summed E-state index contributed by atoms with van der Waals surface area (Å²) in [6, 6.07) is 0. The van der Waals surface area contributed by atoms with Gasteiger partial charge in [-0.2, -0.15) is 0 Å². The zero-order valence-corrected chi connectivity index (χ0v) is 17.0. The van der Waals surface area contributed by atoms with E-state index >= 15 is 0 Å². The van der Waals surface area contributed by atoms with Crippen molar-refractivity contribution in [2.45, 2.75) is 110 Å². The molecule has 0 saturated heterocycles. The van der Waals surface area contributed by atoms with Gasteiger partial charge in [-0.15, -0.1) is 0 Å².